The molecule has 0 bridgehead atoms. The number of carbonyl (C=O) groups excluding carboxylic acids is 1. The van der Waals surface area contributed by atoms with Crippen molar-refractivity contribution in [2.75, 3.05) is 20.2 Å². The number of methoxy groups -OCH3 is 1. The maximum absolute atomic E-state index is 12.0. The summed E-state index contributed by atoms with van der Waals surface area (Å²) in [6.45, 7) is 1.78. The predicted molar refractivity (Wildman–Crippen MR) is 69.8 cm³/mol. The summed E-state index contributed by atoms with van der Waals surface area (Å²) in [5.74, 6) is 0.248. The fourth-order valence-corrected chi connectivity index (χ4v) is 2.45. The third-order valence-electron chi connectivity index (χ3n) is 3.53. The Kier molecular flexibility index (Phi) is 3.23. The van der Waals surface area contributed by atoms with E-state index < -0.39 is 11.7 Å². The van der Waals surface area contributed by atoms with Crippen molar-refractivity contribution in [1.29, 1.82) is 0 Å². The molecule has 0 amide bonds. The fraction of sp³-hybridized carbons (Fsp3) is 0.500. The molecule has 0 radical (unpaired) electrons. The first kappa shape index (κ1) is 12.8. The molecule has 2 aromatic heterocycles. The summed E-state index contributed by atoms with van der Waals surface area (Å²) in [5, 5.41) is 7.13. The number of hydrogen-bond donors (Lipinski definition) is 2. The minimum atomic E-state index is -0.547. The number of aromatic amines is 1. The molecule has 1 fully saturated rings. The number of fused-ring (bicyclic) bond motifs is 1. The maximum atomic E-state index is 12.0. The Hall–Kier alpha value is -2.22. The highest BCUT2D eigenvalue weighted by Crippen LogP contribution is 2.21. The Bertz CT molecular complexity index is 699. The number of piperidine rings is 1. The van der Waals surface area contributed by atoms with Gasteiger partial charge in [0.15, 0.2) is 5.65 Å². The van der Waals surface area contributed by atoms with Crippen molar-refractivity contribution in [1.82, 2.24) is 24.9 Å². The molecule has 0 spiro atoms. The van der Waals surface area contributed by atoms with Gasteiger partial charge in [-0.3, -0.25) is 4.98 Å². The molecule has 106 valence electrons. The fourth-order valence-electron chi connectivity index (χ4n) is 2.45. The van der Waals surface area contributed by atoms with Gasteiger partial charge in [0.2, 0.25) is 0 Å². The van der Waals surface area contributed by atoms with Gasteiger partial charge in [0, 0.05) is 5.92 Å². The van der Waals surface area contributed by atoms with Crippen molar-refractivity contribution < 1.29 is 9.53 Å². The molecule has 20 heavy (non-hydrogen) atoms. The van der Waals surface area contributed by atoms with Gasteiger partial charge in [-0.25, -0.2) is 14.6 Å². The van der Waals surface area contributed by atoms with Crippen LogP contribution in [0.4, 0.5) is 0 Å². The first-order valence-electron chi connectivity index (χ1n) is 6.47. The van der Waals surface area contributed by atoms with Crippen molar-refractivity contribution in [3.8, 4) is 0 Å². The van der Waals surface area contributed by atoms with Crippen LogP contribution in [0.1, 0.15) is 34.9 Å². The molecule has 0 aliphatic carbocycles. The number of carbonyl (C=O) groups is 1. The lowest BCUT2D eigenvalue weighted by Crippen LogP contribution is -2.30. The normalized spacial score (nSPS) is 16.4. The van der Waals surface area contributed by atoms with Crippen molar-refractivity contribution in [2.45, 2.75) is 18.8 Å². The zero-order valence-electron chi connectivity index (χ0n) is 11.0. The molecular weight excluding hydrogens is 262 g/mol. The zero-order valence-corrected chi connectivity index (χ0v) is 11.0. The van der Waals surface area contributed by atoms with Crippen LogP contribution in [-0.2, 0) is 4.74 Å². The van der Waals surface area contributed by atoms with Gasteiger partial charge in [-0.2, -0.15) is 9.61 Å². The number of aromatic nitrogens is 4. The molecule has 2 aromatic rings. The Labute approximate surface area is 114 Å². The van der Waals surface area contributed by atoms with Crippen LogP contribution >= 0.6 is 0 Å². The highest BCUT2D eigenvalue weighted by atomic mass is 16.5. The highest BCUT2D eigenvalue weighted by molar-refractivity contribution is 5.95. The van der Waals surface area contributed by atoms with Crippen LogP contribution in [0.3, 0.4) is 0 Å². The van der Waals surface area contributed by atoms with E-state index in [-0.39, 0.29) is 17.1 Å². The Morgan fingerprint density at radius 2 is 2.20 bits per heavy atom. The van der Waals surface area contributed by atoms with E-state index in [4.69, 9.17) is 0 Å². The van der Waals surface area contributed by atoms with Gasteiger partial charge in [-0.1, -0.05) is 0 Å². The molecule has 0 unspecified atom stereocenters. The number of esters is 1. The first-order chi connectivity index (χ1) is 9.70. The van der Waals surface area contributed by atoms with Crippen LogP contribution in [0.15, 0.2) is 11.0 Å². The summed E-state index contributed by atoms with van der Waals surface area (Å²) in [7, 11) is 1.28. The lowest BCUT2D eigenvalue weighted by Gasteiger charge is -2.21. The minimum Gasteiger partial charge on any atom is -0.465 e. The van der Waals surface area contributed by atoms with Crippen molar-refractivity contribution in [2.24, 2.45) is 0 Å². The summed E-state index contributed by atoms with van der Waals surface area (Å²) in [6, 6.07) is 0. The monoisotopic (exact) mass is 277 g/mol. The number of nitrogens with zero attached hydrogens (tertiary/aromatic N) is 3. The number of H-pyrrole nitrogens is 1. The predicted octanol–water partition coefficient (Wildman–Crippen LogP) is -0.329. The van der Waals surface area contributed by atoms with Crippen LogP contribution in [0, 0.1) is 0 Å². The molecule has 3 heterocycles. The molecule has 8 nitrogen and oxygen atoms in total. The van der Waals surface area contributed by atoms with Crippen molar-refractivity contribution in [3.63, 3.8) is 0 Å². The van der Waals surface area contributed by atoms with Crippen LogP contribution in [-0.4, -0.2) is 45.8 Å². The molecule has 1 aliphatic rings. The molecule has 0 saturated carbocycles. The van der Waals surface area contributed by atoms with E-state index in [0.29, 0.717) is 5.82 Å². The maximum Gasteiger partial charge on any atom is 0.349 e. The average Bonchev–Trinajstić information content (AvgIpc) is 2.92. The Balaban J connectivity index is 2.11. The van der Waals surface area contributed by atoms with Crippen LogP contribution in [0.5, 0.6) is 0 Å². The standard InChI is InChI=1S/C12H15N5O3/c1-20-11(18)8-6-14-17-10(8)15-9(16-12(17)19)7-2-4-13-5-3-7/h6-7,13H,2-5H2,1H3,(H,15,16,19). The van der Waals surface area contributed by atoms with Crippen LogP contribution in [0.2, 0.25) is 0 Å². The minimum absolute atomic E-state index is 0.189. The van der Waals surface area contributed by atoms with E-state index in [1.54, 1.807) is 0 Å². The van der Waals surface area contributed by atoms with Crippen molar-refractivity contribution in [3.05, 3.63) is 28.1 Å². The number of ether oxygens (including phenoxy) is 1. The Morgan fingerprint density at radius 1 is 1.45 bits per heavy atom. The van der Waals surface area contributed by atoms with Crippen LogP contribution in [0.25, 0.3) is 5.65 Å². The molecule has 0 aromatic carbocycles. The third kappa shape index (κ3) is 2.07. The first-order valence-corrected chi connectivity index (χ1v) is 6.47. The SMILES string of the molecule is COC(=O)c1cnn2c(=O)[nH]c(C3CCNCC3)nc12. The highest BCUT2D eigenvalue weighted by Gasteiger charge is 2.21. The largest absolute Gasteiger partial charge is 0.465 e. The lowest BCUT2D eigenvalue weighted by molar-refractivity contribution is 0.0602. The lowest BCUT2D eigenvalue weighted by atomic mass is 9.97. The summed E-state index contributed by atoms with van der Waals surface area (Å²) < 4.78 is 5.75. The van der Waals surface area contributed by atoms with Crippen LogP contribution < -0.4 is 11.0 Å². The molecule has 8 heteroatoms. The Morgan fingerprint density at radius 3 is 2.90 bits per heavy atom. The molecule has 1 saturated heterocycles. The second-order valence-electron chi connectivity index (χ2n) is 4.74. The molecule has 2 N–H and O–H groups in total. The summed E-state index contributed by atoms with van der Waals surface area (Å²) in [4.78, 5) is 30.8. The summed E-state index contributed by atoms with van der Waals surface area (Å²) in [6.07, 6.45) is 3.11. The number of nitrogens with one attached hydrogen (secondary N) is 2. The van der Waals surface area contributed by atoms with Crippen molar-refractivity contribution >= 4 is 11.6 Å². The van der Waals surface area contributed by atoms with Gasteiger partial charge in [0.05, 0.1) is 13.3 Å². The second kappa shape index (κ2) is 5.04. The summed E-state index contributed by atoms with van der Waals surface area (Å²) in [5.41, 5.74) is 0.0570. The second-order valence-corrected chi connectivity index (χ2v) is 4.74. The third-order valence-corrected chi connectivity index (χ3v) is 3.53. The van der Waals surface area contributed by atoms with E-state index in [2.05, 4.69) is 25.1 Å². The topological polar surface area (TPSA) is 101 Å². The molecule has 0 atom stereocenters. The van der Waals surface area contributed by atoms with Gasteiger partial charge in [0.25, 0.3) is 0 Å². The van der Waals surface area contributed by atoms with Gasteiger partial charge < -0.3 is 10.1 Å². The van der Waals surface area contributed by atoms with Gasteiger partial charge >= 0.3 is 11.7 Å². The van der Waals surface area contributed by atoms with E-state index in [9.17, 15) is 9.59 Å². The van der Waals surface area contributed by atoms with Gasteiger partial charge in [0.1, 0.15) is 11.4 Å². The van der Waals surface area contributed by atoms with E-state index in [0.717, 1.165) is 30.4 Å². The zero-order chi connectivity index (χ0) is 14.1. The molecule has 1 aliphatic heterocycles. The molecular formula is C12H15N5O3. The average molecular weight is 277 g/mol. The number of hydrogen-bond acceptors (Lipinski definition) is 6. The van der Waals surface area contributed by atoms with Gasteiger partial charge in [-0.05, 0) is 25.9 Å². The van der Waals surface area contributed by atoms with E-state index in [1.807, 2.05) is 0 Å². The van der Waals surface area contributed by atoms with E-state index >= 15 is 0 Å². The van der Waals surface area contributed by atoms with Gasteiger partial charge in [-0.15, -0.1) is 0 Å². The number of rotatable bonds is 2. The smallest absolute Gasteiger partial charge is 0.349 e. The molecule has 3 rings (SSSR count). The quantitative estimate of drug-likeness (QED) is 0.729. The van der Waals surface area contributed by atoms with E-state index in [1.165, 1.54) is 13.3 Å². The summed E-state index contributed by atoms with van der Waals surface area (Å²) >= 11 is 0.